The topological polar surface area (TPSA) is 50.3 Å². The SMILES string of the molecule is CCCNc1cc(N(CCOC)C(C)C)nc(C(C)C)n1. The number of anilines is 2. The fourth-order valence-corrected chi connectivity index (χ4v) is 2.03. The molecule has 0 aliphatic heterocycles. The van der Waals surface area contributed by atoms with Crippen LogP contribution in [0.15, 0.2) is 6.07 Å². The van der Waals surface area contributed by atoms with Gasteiger partial charge in [-0.05, 0) is 20.3 Å². The Morgan fingerprint density at radius 1 is 1.24 bits per heavy atom. The Bertz CT molecular complexity index is 421. The molecule has 5 heteroatoms. The van der Waals surface area contributed by atoms with E-state index in [1.165, 1.54) is 0 Å². The van der Waals surface area contributed by atoms with Gasteiger partial charge in [0.05, 0.1) is 6.61 Å². The van der Waals surface area contributed by atoms with Crippen LogP contribution in [0.25, 0.3) is 0 Å². The van der Waals surface area contributed by atoms with Gasteiger partial charge in [-0.2, -0.15) is 0 Å². The summed E-state index contributed by atoms with van der Waals surface area (Å²) in [6, 6.07) is 2.41. The highest BCUT2D eigenvalue weighted by atomic mass is 16.5. The molecule has 0 saturated carbocycles. The second kappa shape index (κ2) is 8.82. The number of rotatable bonds is 9. The van der Waals surface area contributed by atoms with Crippen LogP contribution in [0, 0.1) is 0 Å². The molecule has 0 bridgehead atoms. The van der Waals surface area contributed by atoms with Crippen LogP contribution in [0.1, 0.15) is 52.8 Å². The molecule has 0 fully saturated rings. The van der Waals surface area contributed by atoms with E-state index in [4.69, 9.17) is 9.72 Å². The van der Waals surface area contributed by atoms with E-state index >= 15 is 0 Å². The van der Waals surface area contributed by atoms with Crippen LogP contribution in [0.5, 0.6) is 0 Å². The minimum absolute atomic E-state index is 0.309. The minimum Gasteiger partial charge on any atom is -0.383 e. The lowest BCUT2D eigenvalue weighted by Gasteiger charge is -2.28. The number of aromatic nitrogens is 2. The molecule has 0 saturated heterocycles. The van der Waals surface area contributed by atoms with Crippen molar-refractivity contribution in [1.29, 1.82) is 0 Å². The molecule has 1 aromatic heterocycles. The molecule has 21 heavy (non-hydrogen) atoms. The van der Waals surface area contributed by atoms with Crippen molar-refractivity contribution in [2.45, 2.75) is 53.0 Å². The van der Waals surface area contributed by atoms with Gasteiger partial charge in [0.1, 0.15) is 17.5 Å². The maximum atomic E-state index is 5.22. The van der Waals surface area contributed by atoms with Crippen molar-refractivity contribution >= 4 is 11.6 Å². The normalized spacial score (nSPS) is 11.2. The first-order valence-corrected chi connectivity index (χ1v) is 7.88. The zero-order valence-electron chi connectivity index (χ0n) is 14.3. The highest BCUT2D eigenvalue weighted by molar-refractivity contribution is 5.50. The van der Waals surface area contributed by atoms with Crippen molar-refractivity contribution in [3.63, 3.8) is 0 Å². The van der Waals surface area contributed by atoms with E-state index < -0.39 is 0 Å². The molecular weight excluding hydrogens is 264 g/mol. The Hall–Kier alpha value is -1.36. The third-order valence-electron chi connectivity index (χ3n) is 3.26. The molecule has 0 aliphatic carbocycles. The molecule has 0 spiro atoms. The first-order valence-electron chi connectivity index (χ1n) is 7.88. The third kappa shape index (κ3) is 5.50. The van der Waals surface area contributed by atoms with Gasteiger partial charge in [0.15, 0.2) is 0 Å². The molecule has 5 nitrogen and oxygen atoms in total. The van der Waals surface area contributed by atoms with E-state index in [9.17, 15) is 0 Å². The molecule has 1 N–H and O–H groups in total. The highest BCUT2D eigenvalue weighted by Gasteiger charge is 2.15. The van der Waals surface area contributed by atoms with Crippen molar-refractivity contribution in [3.8, 4) is 0 Å². The van der Waals surface area contributed by atoms with Crippen molar-refractivity contribution in [3.05, 3.63) is 11.9 Å². The molecular formula is C16H30N4O. The van der Waals surface area contributed by atoms with E-state index in [1.807, 2.05) is 6.07 Å². The van der Waals surface area contributed by atoms with Crippen LogP contribution in [0.3, 0.4) is 0 Å². The smallest absolute Gasteiger partial charge is 0.135 e. The quantitative estimate of drug-likeness (QED) is 0.757. The van der Waals surface area contributed by atoms with Gasteiger partial charge >= 0.3 is 0 Å². The van der Waals surface area contributed by atoms with Gasteiger partial charge in [-0.1, -0.05) is 20.8 Å². The Morgan fingerprint density at radius 3 is 2.48 bits per heavy atom. The summed E-state index contributed by atoms with van der Waals surface area (Å²) in [6.45, 7) is 13.2. The van der Waals surface area contributed by atoms with Crippen LogP contribution in [-0.4, -0.2) is 42.8 Å². The van der Waals surface area contributed by atoms with Crippen LogP contribution < -0.4 is 10.2 Å². The summed E-state index contributed by atoms with van der Waals surface area (Å²) < 4.78 is 5.22. The van der Waals surface area contributed by atoms with Crippen molar-refractivity contribution in [2.24, 2.45) is 0 Å². The van der Waals surface area contributed by atoms with Crippen molar-refractivity contribution < 1.29 is 4.74 Å². The Morgan fingerprint density at radius 2 is 1.95 bits per heavy atom. The number of methoxy groups -OCH3 is 1. The zero-order chi connectivity index (χ0) is 15.8. The molecule has 120 valence electrons. The maximum absolute atomic E-state index is 5.22. The zero-order valence-corrected chi connectivity index (χ0v) is 14.3. The standard InChI is InChI=1S/C16H30N4O/c1-7-8-17-14-11-15(19-16(18-14)12(2)3)20(13(4)5)9-10-21-6/h11-13H,7-10H2,1-6H3,(H,17,18,19). The van der Waals surface area contributed by atoms with Gasteiger partial charge in [-0.15, -0.1) is 0 Å². The fraction of sp³-hybridized carbons (Fsp3) is 0.750. The van der Waals surface area contributed by atoms with Crippen LogP contribution in [0.4, 0.5) is 11.6 Å². The highest BCUT2D eigenvalue weighted by Crippen LogP contribution is 2.21. The van der Waals surface area contributed by atoms with Gasteiger partial charge in [0.25, 0.3) is 0 Å². The summed E-state index contributed by atoms with van der Waals surface area (Å²) in [7, 11) is 1.73. The van der Waals surface area contributed by atoms with Gasteiger partial charge in [-0.3, -0.25) is 0 Å². The lowest BCUT2D eigenvalue weighted by molar-refractivity contribution is 0.203. The average molecular weight is 294 g/mol. The molecule has 0 aromatic carbocycles. The Labute approximate surface area is 129 Å². The first kappa shape index (κ1) is 17.7. The summed E-state index contributed by atoms with van der Waals surface area (Å²) in [5, 5.41) is 3.37. The predicted molar refractivity (Wildman–Crippen MR) is 89.3 cm³/mol. The van der Waals surface area contributed by atoms with E-state index in [2.05, 4.69) is 49.8 Å². The fourth-order valence-electron chi connectivity index (χ4n) is 2.03. The summed E-state index contributed by atoms with van der Waals surface area (Å²) in [5.74, 6) is 3.07. The maximum Gasteiger partial charge on any atom is 0.135 e. The first-order chi connectivity index (χ1) is 9.99. The lowest BCUT2D eigenvalue weighted by atomic mass is 10.2. The second-order valence-corrected chi connectivity index (χ2v) is 5.83. The summed E-state index contributed by atoms with van der Waals surface area (Å²) >= 11 is 0. The minimum atomic E-state index is 0.309. The third-order valence-corrected chi connectivity index (χ3v) is 3.26. The number of nitrogens with zero attached hydrogens (tertiary/aromatic N) is 3. The van der Waals surface area contributed by atoms with E-state index in [0.29, 0.717) is 18.6 Å². The van der Waals surface area contributed by atoms with Crippen molar-refractivity contribution in [1.82, 2.24) is 9.97 Å². The summed E-state index contributed by atoms with van der Waals surface area (Å²) in [5.41, 5.74) is 0. The Kier molecular flexibility index (Phi) is 7.43. The van der Waals surface area contributed by atoms with Crippen LogP contribution in [-0.2, 0) is 4.74 Å². The largest absolute Gasteiger partial charge is 0.383 e. The molecule has 1 heterocycles. The van der Waals surface area contributed by atoms with Gasteiger partial charge < -0.3 is 15.0 Å². The van der Waals surface area contributed by atoms with Crippen LogP contribution >= 0.6 is 0 Å². The number of ether oxygens (including phenoxy) is 1. The average Bonchev–Trinajstić information content (AvgIpc) is 2.45. The molecule has 0 unspecified atom stereocenters. The number of nitrogens with one attached hydrogen (secondary N) is 1. The molecule has 0 atom stereocenters. The summed E-state index contributed by atoms with van der Waals surface area (Å²) in [4.78, 5) is 11.6. The predicted octanol–water partition coefficient (Wildman–Crippen LogP) is 3.28. The second-order valence-electron chi connectivity index (χ2n) is 5.83. The number of hydrogen-bond donors (Lipinski definition) is 1. The van der Waals surface area contributed by atoms with E-state index in [1.54, 1.807) is 7.11 Å². The molecule has 1 rings (SSSR count). The van der Waals surface area contributed by atoms with E-state index in [-0.39, 0.29) is 0 Å². The summed E-state index contributed by atoms with van der Waals surface area (Å²) in [6.07, 6.45) is 1.08. The monoisotopic (exact) mass is 294 g/mol. The van der Waals surface area contributed by atoms with Gasteiger partial charge in [0.2, 0.25) is 0 Å². The van der Waals surface area contributed by atoms with E-state index in [0.717, 1.165) is 37.0 Å². The molecule has 1 aromatic rings. The lowest BCUT2D eigenvalue weighted by Crippen LogP contribution is -2.35. The van der Waals surface area contributed by atoms with Crippen LogP contribution in [0.2, 0.25) is 0 Å². The molecule has 0 amide bonds. The molecule has 0 aliphatic rings. The molecule has 0 radical (unpaired) electrons. The van der Waals surface area contributed by atoms with Crippen molar-refractivity contribution in [2.75, 3.05) is 37.0 Å². The Balaban J connectivity index is 3.08. The van der Waals surface area contributed by atoms with Gasteiger partial charge in [-0.25, -0.2) is 9.97 Å². The number of hydrogen-bond acceptors (Lipinski definition) is 5. The van der Waals surface area contributed by atoms with Gasteiger partial charge in [0, 0.05) is 38.2 Å².